The largest absolute Gasteiger partial charge is 0.397 e. The Labute approximate surface area is 77.8 Å². The molecule has 1 saturated heterocycles. The van der Waals surface area contributed by atoms with Crippen LogP contribution in [0.2, 0.25) is 0 Å². The number of nitrogens with two attached hydrogens (primary N) is 1. The molecule has 13 heavy (non-hydrogen) atoms. The van der Waals surface area contributed by atoms with Gasteiger partial charge in [0.05, 0.1) is 17.9 Å². The van der Waals surface area contributed by atoms with Crippen molar-refractivity contribution in [3.05, 3.63) is 24.0 Å². The first-order valence-electron chi connectivity index (χ1n) is 4.39. The molecule has 0 bridgehead atoms. The van der Waals surface area contributed by atoms with Gasteiger partial charge in [-0.05, 0) is 18.7 Å². The van der Waals surface area contributed by atoms with Gasteiger partial charge in [0.25, 0.3) is 0 Å². The second-order valence-electron chi connectivity index (χ2n) is 3.39. The SMILES string of the molecule is CN1CNCC1c1ccncc1N. The molecular weight excluding hydrogens is 164 g/mol. The molecule has 1 atom stereocenters. The third-order valence-corrected chi connectivity index (χ3v) is 2.48. The zero-order valence-electron chi connectivity index (χ0n) is 7.70. The summed E-state index contributed by atoms with van der Waals surface area (Å²) in [5.74, 6) is 0. The molecule has 0 amide bonds. The number of pyridine rings is 1. The molecule has 2 rings (SSSR count). The number of anilines is 1. The van der Waals surface area contributed by atoms with Gasteiger partial charge in [0.15, 0.2) is 0 Å². The summed E-state index contributed by atoms with van der Waals surface area (Å²) in [5, 5.41) is 3.30. The van der Waals surface area contributed by atoms with Gasteiger partial charge >= 0.3 is 0 Å². The Balaban J connectivity index is 2.29. The number of aromatic nitrogens is 1. The van der Waals surface area contributed by atoms with Crippen molar-refractivity contribution in [2.45, 2.75) is 6.04 Å². The van der Waals surface area contributed by atoms with Gasteiger partial charge in [-0.15, -0.1) is 0 Å². The van der Waals surface area contributed by atoms with Crippen molar-refractivity contribution in [2.24, 2.45) is 0 Å². The summed E-state index contributed by atoms with van der Waals surface area (Å²) in [6.45, 7) is 1.89. The van der Waals surface area contributed by atoms with Crippen LogP contribution in [0.3, 0.4) is 0 Å². The number of hydrogen-bond acceptors (Lipinski definition) is 4. The summed E-state index contributed by atoms with van der Waals surface area (Å²) in [5.41, 5.74) is 7.80. The summed E-state index contributed by atoms with van der Waals surface area (Å²) in [4.78, 5) is 6.22. The average Bonchev–Trinajstić information content (AvgIpc) is 2.52. The van der Waals surface area contributed by atoms with E-state index in [2.05, 4.69) is 22.2 Å². The quantitative estimate of drug-likeness (QED) is 0.645. The fraction of sp³-hybridized carbons (Fsp3) is 0.444. The minimum absolute atomic E-state index is 0.392. The lowest BCUT2D eigenvalue weighted by Gasteiger charge is -2.19. The Hall–Kier alpha value is -1.13. The van der Waals surface area contributed by atoms with Crippen LogP contribution >= 0.6 is 0 Å². The molecule has 0 radical (unpaired) electrons. The summed E-state index contributed by atoms with van der Waals surface area (Å²) in [7, 11) is 2.09. The van der Waals surface area contributed by atoms with Crippen molar-refractivity contribution in [3.63, 3.8) is 0 Å². The van der Waals surface area contributed by atoms with Crippen LogP contribution in [0.4, 0.5) is 5.69 Å². The normalized spacial score (nSPS) is 23.6. The fourth-order valence-electron chi connectivity index (χ4n) is 1.71. The highest BCUT2D eigenvalue weighted by molar-refractivity contribution is 5.46. The number of nitrogen functional groups attached to an aromatic ring is 1. The third-order valence-electron chi connectivity index (χ3n) is 2.48. The van der Waals surface area contributed by atoms with E-state index in [-0.39, 0.29) is 0 Å². The van der Waals surface area contributed by atoms with Crippen LogP contribution in [0.25, 0.3) is 0 Å². The van der Waals surface area contributed by atoms with Crippen molar-refractivity contribution in [2.75, 3.05) is 26.0 Å². The lowest BCUT2D eigenvalue weighted by Crippen LogP contribution is -2.20. The predicted octanol–water partition coefficient (Wildman–Crippen LogP) is 0.197. The van der Waals surface area contributed by atoms with Crippen LogP contribution in [0.1, 0.15) is 11.6 Å². The zero-order valence-corrected chi connectivity index (χ0v) is 7.70. The molecule has 1 aromatic heterocycles. The van der Waals surface area contributed by atoms with Gasteiger partial charge in [-0.1, -0.05) is 0 Å². The maximum Gasteiger partial charge on any atom is 0.0549 e. The van der Waals surface area contributed by atoms with Gasteiger partial charge in [0.1, 0.15) is 0 Å². The van der Waals surface area contributed by atoms with E-state index in [0.717, 1.165) is 18.9 Å². The van der Waals surface area contributed by atoms with Crippen LogP contribution in [0.5, 0.6) is 0 Å². The maximum atomic E-state index is 5.85. The molecule has 0 aromatic carbocycles. The number of likely N-dealkylation sites (N-methyl/N-ethyl adjacent to an activating group) is 1. The summed E-state index contributed by atoms with van der Waals surface area (Å²) < 4.78 is 0. The summed E-state index contributed by atoms with van der Waals surface area (Å²) in [6, 6.07) is 2.38. The molecule has 1 fully saturated rings. The van der Waals surface area contributed by atoms with Gasteiger partial charge < -0.3 is 11.1 Å². The first kappa shape index (κ1) is 8.47. The second kappa shape index (κ2) is 3.32. The average molecular weight is 178 g/mol. The van der Waals surface area contributed by atoms with Crippen molar-refractivity contribution in [1.82, 2.24) is 15.2 Å². The van der Waals surface area contributed by atoms with E-state index in [0.29, 0.717) is 6.04 Å². The fourth-order valence-corrected chi connectivity index (χ4v) is 1.71. The van der Waals surface area contributed by atoms with Crippen molar-refractivity contribution < 1.29 is 0 Å². The Morgan fingerprint density at radius 3 is 3.15 bits per heavy atom. The van der Waals surface area contributed by atoms with Crippen molar-refractivity contribution in [1.29, 1.82) is 0 Å². The second-order valence-corrected chi connectivity index (χ2v) is 3.39. The van der Waals surface area contributed by atoms with Crippen molar-refractivity contribution in [3.8, 4) is 0 Å². The minimum Gasteiger partial charge on any atom is -0.397 e. The maximum absolute atomic E-state index is 5.85. The highest BCUT2D eigenvalue weighted by atomic mass is 15.3. The van der Waals surface area contributed by atoms with Gasteiger partial charge in [-0.2, -0.15) is 0 Å². The van der Waals surface area contributed by atoms with Crippen molar-refractivity contribution >= 4 is 5.69 Å². The van der Waals surface area contributed by atoms with Gasteiger partial charge in [-0.3, -0.25) is 9.88 Å². The monoisotopic (exact) mass is 178 g/mol. The van der Waals surface area contributed by atoms with Crippen LogP contribution in [0, 0.1) is 0 Å². The first-order chi connectivity index (χ1) is 6.29. The molecule has 0 aliphatic carbocycles. The molecule has 0 saturated carbocycles. The number of nitrogens with zero attached hydrogens (tertiary/aromatic N) is 2. The zero-order chi connectivity index (χ0) is 9.26. The Bertz CT molecular complexity index is 299. The molecule has 4 nitrogen and oxygen atoms in total. The van der Waals surface area contributed by atoms with E-state index in [1.165, 1.54) is 5.56 Å². The van der Waals surface area contributed by atoms with E-state index in [1.54, 1.807) is 12.4 Å². The Kier molecular flexibility index (Phi) is 2.16. The minimum atomic E-state index is 0.392. The van der Waals surface area contributed by atoms with E-state index >= 15 is 0 Å². The molecule has 4 heteroatoms. The molecule has 1 unspecified atom stereocenters. The van der Waals surface area contributed by atoms with Crippen LogP contribution < -0.4 is 11.1 Å². The number of nitrogens with one attached hydrogen (secondary N) is 1. The molecule has 0 spiro atoms. The number of hydrogen-bond donors (Lipinski definition) is 2. The van der Waals surface area contributed by atoms with Crippen LogP contribution in [-0.4, -0.2) is 30.1 Å². The van der Waals surface area contributed by atoms with Gasteiger partial charge in [0, 0.05) is 19.4 Å². The summed E-state index contributed by atoms with van der Waals surface area (Å²) >= 11 is 0. The Morgan fingerprint density at radius 1 is 1.69 bits per heavy atom. The third kappa shape index (κ3) is 1.50. The van der Waals surface area contributed by atoms with Gasteiger partial charge in [0.2, 0.25) is 0 Å². The molecule has 1 aliphatic heterocycles. The van der Waals surface area contributed by atoms with E-state index in [4.69, 9.17) is 5.73 Å². The molecule has 70 valence electrons. The first-order valence-corrected chi connectivity index (χ1v) is 4.39. The Morgan fingerprint density at radius 2 is 2.54 bits per heavy atom. The highest BCUT2D eigenvalue weighted by Gasteiger charge is 2.23. The lowest BCUT2D eigenvalue weighted by molar-refractivity contribution is 0.323. The summed E-state index contributed by atoms with van der Waals surface area (Å²) in [6.07, 6.45) is 3.50. The van der Waals surface area contributed by atoms with E-state index in [1.807, 2.05) is 6.07 Å². The van der Waals surface area contributed by atoms with Crippen LogP contribution in [-0.2, 0) is 0 Å². The predicted molar refractivity (Wildman–Crippen MR) is 52.0 cm³/mol. The van der Waals surface area contributed by atoms with Crippen LogP contribution in [0.15, 0.2) is 18.5 Å². The molecule has 2 heterocycles. The molecular formula is C9H14N4. The lowest BCUT2D eigenvalue weighted by atomic mass is 10.1. The van der Waals surface area contributed by atoms with E-state index in [9.17, 15) is 0 Å². The smallest absolute Gasteiger partial charge is 0.0549 e. The molecule has 1 aliphatic rings. The van der Waals surface area contributed by atoms with E-state index < -0.39 is 0 Å². The topological polar surface area (TPSA) is 54.2 Å². The standard InChI is InChI=1S/C9H14N4/c1-13-6-12-5-9(13)7-2-3-11-4-8(7)10/h2-4,9,12H,5-6,10H2,1H3. The highest BCUT2D eigenvalue weighted by Crippen LogP contribution is 2.25. The van der Waals surface area contributed by atoms with Gasteiger partial charge in [-0.25, -0.2) is 0 Å². The molecule has 1 aromatic rings. The molecule has 3 N–H and O–H groups in total. The number of rotatable bonds is 1.